The van der Waals surface area contributed by atoms with Crippen LogP contribution in [0.5, 0.6) is 0 Å². The van der Waals surface area contributed by atoms with Gasteiger partial charge in [0.2, 0.25) is 0 Å². The van der Waals surface area contributed by atoms with Crippen molar-refractivity contribution in [2.75, 3.05) is 6.54 Å². The minimum atomic E-state index is -1.01. The van der Waals surface area contributed by atoms with Gasteiger partial charge in [-0.05, 0) is 18.1 Å². The van der Waals surface area contributed by atoms with E-state index in [-0.39, 0.29) is 18.1 Å². The number of nitrogens with zero attached hydrogens (tertiary/aromatic N) is 3. The van der Waals surface area contributed by atoms with Crippen LogP contribution in [0.3, 0.4) is 0 Å². The second kappa shape index (κ2) is 7.31. The summed E-state index contributed by atoms with van der Waals surface area (Å²) in [6, 6.07) is 19.3. The van der Waals surface area contributed by atoms with Gasteiger partial charge in [0, 0.05) is 13.0 Å². The Balaban J connectivity index is 1.92. The number of carboxylic acid groups (broad SMARTS) is 1. The molecule has 4 rings (SSSR count). The number of hydrogen-bond donors (Lipinski definition) is 1. The number of carbonyl (C=O) groups is 1. The highest BCUT2D eigenvalue weighted by molar-refractivity contribution is 5.65. The molecule has 0 spiro atoms. The van der Waals surface area contributed by atoms with Gasteiger partial charge in [-0.1, -0.05) is 60.7 Å². The van der Waals surface area contributed by atoms with Crippen molar-refractivity contribution < 1.29 is 9.90 Å². The van der Waals surface area contributed by atoms with Crippen LogP contribution in [0.25, 0.3) is 0 Å². The Kier molecular flexibility index (Phi) is 4.69. The number of amides is 1. The van der Waals surface area contributed by atoms with Gasteiger partial charge in [0.1, 0.15) is 5.82 Å². The van der Waals surface area contributed by atoms with Crippen LogP contribution < -0.4 is 5.56 Å². The average Bonchev–Trinajstić information content (AvgIpc) is 2.72. The molecule has 0 unspecified atom stereocenters. The van der Waals surface area contributed by atoms with Crippen molar-refractivity contribution in [3.05, 3.63) is 99.2 Å². The third-order valence-electron chi connectivity index (χ3n) is 5.20. The summed E-state index contributed by atoms with van der Waals surface area (Å²) in [5.74, 6) is 0.630. The molecule has 3 aromatic rings. The van der Waals surface area contributed by atoms with Gasteiger partial charge in [-0.25, -0.2) is 9.78 Å². The van der Waals surface area contributed by atoms with Gasteiger partial charge in [0.05, 0.1) is 23.8 Å². The summed E-state index contributed by atoms with van der Waals surface area (Å²) in [7, 11) is 0. The summed E-state index contributed by atoms with van der Waals surface area (Å²) in [6.45, 7) is 2.27. The zero-order valence-electron chi connectivity index (χ0n) is 15.6. The zero-order chi connectivity index (χ0) is 19.7. The maximum atomic E-state index is 13.5. The van der Waals surface area contributed by atoms with Crippen LogP contribution in [0.15, 0.2) is 65.5 Å². The Morgan fingerprint density at radius 3 is 2.14 bits per heavy atom. The van der Waals surface area contributed by atoms with Gasteiger partial charge in [0.15, 0.2) is 0 Å². The molecule has 2 heterocycles. The number of rotatable bonds is 3. The molecule has 1 aliphatic rings. The maximum Gasteiger partial charge on any atom is 0.407 e. The van der Waals surface area contributed by atoms with Gasteiger partial charge >= 0.3 is 6.09 Å². The van der Waals surface area contributed by atoms with Crippen LogP contribution in [-0.2, 0) is 13.0 Å². The van der Waals surface area contributed by atoms with E-state index in [1.807, 2.05) is 67.6 Å². The lowest BCUT2D eigenvalue weighted by Gasteiger charge is -2.29. The van der Waals surface area contributed by atoms with Crippen molar-refractivity contribution in [1.29, 1.82) is 0 Å². The Hall–Kier alpha value is -3.41. The topological polar surface area (TPSA) is 75.4 Å². The molecule has 0 radical (unpaired) electrons. The lowest BCUT2D eigenvalue weighted by atomic mass is 9.97. The van der Waals surface area contributed by atoms with E-state index in [9.17, 15) is 14.7 Å². The minimum Gasteiger partial charge on any atom is -0.465 e. The molecule has 1 aliphatic heterocycles. The fourth-order valence-corrected chi connectivity index (χ4v) is 3.84. The molecule has 0 atom stereocenters. The van der Waals surface area contributed by atoms with Crippen molar-refractivity contribution in [3.63, 3.8) is 0 Å². The Morgan fingerprint density at radius 2 is 1.61 bits per heavy atom. The molecule has 0 aliphatic carbocycles. The van der Waals surface area contributed by atoms with Crippen molar-refractivity contribution in [2.45, 2.75) is 25.9 Å². The molecule has 1 amide bonds. The number of aromatic nitrogens is 2. The first-order chi connectivity index (χ1) is 13.6. The van der Waals surface area contributed by atoms with Crippen molar-refractivity contribution in [1.82, 2.24) is 14.5 Å². The third-order valence-corrected chi connectivity index (χ3v) is 5.20. The van der Waals surface area contributed by atoms with Crippen LogP contribution in [0, 0.1) is 6.92 Å². The molecule has 6 nitrogen and oxygen atoms in total. The summed E-state index contributed by atoms with van der Waals surface area (Å²) in [5, 5.41) is 9.34. The van der Waals surface area contributed by atoms with E-state index in [0.717, 1.165) is 11.1 Å². The summed E-state index contributed by atoms with van der Waals surface area (Å²) in [4.78, 5) is 30.8. The highest BCUT2D eigenvalue weighted by Gasteiger charge is 2.28. The zero-order valence-corrected chi connectivity index (χ0v) is 15.6. The molecule has 0 saturated carbocycles. The van der Waals surface area contributed by atoms with Crippen molar-refractivity contribution in [3.8, 4) is 0 Å². The number of benzene rings is 2. The first-order valence-electron chi connectivity index (χ1n) is 9.25. The van der Waals surface area contributed by atoms with Crippen LogP contribution in [0.4, 0.5) is 4.79 Å². The van der Waals surface area contributed by atoms with Crippen molar-refractivity contribution in [2.24, 2.45) is 0 Å². The fourth-order valence-electron chi connectivity index (χ4n) is 3.84. The molecule has 0 bridgehead atoms. The second-order valence-electron chi connectivity index (χ2n) is 6.94. The molecular formula is C22H21N3O3. The monoisotopic (exact) mass is 375 g/mol. The Labute approximate surface area is 162 Å². The second-order valence-corrected chi connectivity index (χ2v) is 6.94. The van der Waals surface area contributed by atoms with Gasteiger partial charge < -0.3 is 10.0 Å². The van der Waals surface area contributed by atoms with Crippen molar-refractivity contribution >= 4 is 6.09 Å². The molecular weight excluding hydrogens is 354 g/mol. The van der Waals surface area contributed by atoms with Crippen LogP contribution >= 0.6 is 0 Å². The number of aryl methyl sites for hydroxylation is 1. The highest BCUT2D eigenvalue weighted by Crippen LogP contribution is 2.27. The van der Waals surface area contributed by atoms with Crippen LogP contribution in [-0.4, -0.2) is 32.2 Å². The normalized spacial score (nSPS) is 13.4. The summed E-state index contributed by atoms with van der Waals surface area (Å²) in [6.07, 6.45) is -0.556. The lowest BCUT2D eigenvalue weighted by molar-refractivity contribution is 0.139. The molecule has 28 heavy (non-hydrogen) atoms. The van der Waals surface area contributed by atoms with Crippen LogP contribution in [0.2, 0.25) is 0 Å². The van der Waals surface area contributed by atoms with E-state index in [1.54, 1.807) is 4.57 Å². The predicted molar refractivity (Wildman–Crippen MR) is 105 cm³/mol. The predicted octanol–water partition coefficient (Wildman–Crippen LogP) is 3.23. The Morgan fingerprint density at radius 1 is 1.04 bits per heavy atom. The SMILES string of the molecule is Cc1nc2c(c(=O)n1C(c1ccccc1)c1ccccc1)CN(C(=O)O)CC2. The van der Waals surface area contributed by atoms with Crippen LogP contribution in [0.1, 0.15) is 34.3 Å². The first-order valence-corrected chi connectivity index (χ1v) is 9.25. The number of hydrogen-bond acceptors (Lipinski definition) is 3. The standard InChI is InChI=1S/C22H21N3O3/c1-15-23-19-12-13-24(22(27)28)14-18(19)21(26)25(15)20(16-8-4-2-5-9-16)17-10-6-3-7-11-17/h2-11,20H,12-14H2,1H3,(H,27,28). The maximum absolute atomic E-state index is 13.5. The number of fused-ring (bicyclic) bond motifs is 1. The van der Waals surface area contributed by atoms with E-state index in [2.05, 4.69) is 4.98 Å². The van der Waals surface area contributed by atoms with E-state index in [0.29, 0.717) is 30.0 Å². The smallest absolute Gasteiger partial charge is 0.407 e. The minimum absolute atomic E-state index is 0.0765. The molecule has 6 heteroatoms. The highest BCUT2D eigenvalue weighted by atomic mass is 16.4. The Bertz CT molecular complexity index is 1020. The van der Waals surface area contributed by atoms with E-state index in [4.69, 9.17) is 0 Å². The summed E-state index contributed by atoms with van der Waals surface area (Å²) in [5.41, 5.74) is 2.96. The first kappa shape index (κ1) is 18.0. The van der Waals surface area contributed by atoms with E-state index in [1.165, 1.54) is 4.90 Å². The molecule has 0 fully saturated rings. The van der Waals surface area contributed by atoms with Gasteiger partial charge in [-0.2, -0.15) is 0 Å². The fraction of sp³-hybridized carbons (Fsp3) is 0.227. The summed E-state index contributed by atoms with van der Waals surface area (Å²) >= 11 is 0. The average molecular weight is 375 g/mol. The third kappa shape index (κ3) is 3.17. The molecule has 142 valence electrons. The lowest BCUT2D eigenvalue weighted by Crippen LogP contribution is -2.42. The van der Waals surface area contributed by atoms with E-state index < -0.39 is 6.09 Å². The molecule has 0 saturated heterocycles. The largest absolute Gasteiger partial charge is 0.465 e. The van der Waals surface area contributed by atoms with Gasteiger partial charge in [0.25, 0.3) is 5.56 Å². The van der Waals surface area contributed by atoms with E-state index >= 15 is 0 Å². The van der Waals surface area contributed by atoms with Gasteiger partial charge in [-0.3, -0.25) is 9.36 Å². The molecule has 2 aromatic carbocycles. The summed E-state index contributed by atoms with van der Waals surface area (Å²) < 4.78 is 1.69. The molecule has 1 aromatic heterocycles. The quantitative estimate of drug-likeness (QED) is 0.763. The molecule has 1 N–H and O–H groups in total. The van der Waals surface area contributed by atoms with Gasteiger partial charge in [-0.15, -0.1) is 0 Å².